The number of ether oxygens (including phenoxy) is 1. The molecule has 2 rings (SSSR count). The van der Waals surface area contributed by atoms with Gasteiger partial charge in [0.1, 0.15) is 6.61 Å². The highest BCUT2D eigenvalue weighted by atomic mass is 32.2. The first-order valence-corrected chi connectivity index (χ1v) is 8.83. The number of piperidine rings is 1. The summed E-state index contributed by atoms with van der Waals surface area (Å²) in [4.78, 5) is 13.6. The Hall–Kier alpha value is -0.870. The minimum Gasteiger partial charge on any atom is -0.365 e. The average Bonchev–Trinajstić information content (AvgIpc) is 2.34. The summed E-state index contributed by atoms with van der Waals surface area (Å²) in [7, 11) is -3.24. The molecule has 0 aromatic heterocycles. The molecule has 0 saturated carbocycles. The van der Waals surface area contributed by atoms with Crippen molar-refractivity contribution in [1.82, 2.24) is 9.21 Å². The maximum Gasteiger partial charge on any atom is 0.411 e. The van der Waals surface area contributed by atoms with E-state index in [1.165, 1.54) is 9.21 Å². The number of carbonyl (C=O) groups excluding carboxylic acids is 1. The summed E-state index contributed by atoms with van der Waals surface area (Å²) in [5.41, 5.74) is 0. The molecule has 0 unspecified atom stereocenters. The molecule has 128 valence electrons. The fraction of sp³-hybridized carbons (Fsp3) is 0.917. The zero-order valence-electron chi connectivity index (χ0n) is 12.2. The summed E-state index contributed by atoms with van der Waals surface area (Å²) in [6.07, 6.45) is -2.91. The van der Waals surface area contributed by atoms with Crippen LogP contribution in [0.4, 0.5) is 13.2 Å². The third-order valence-corrected chi connectivity index (χ3v) is 5.22. The van der Waals surface area contributed by atoms with Crippen LogP contribution in [0.25, 0.3) is 0 Å². The first kappa shape index (κ1) is 17.5. The number of rotatable bonds is 4. The van der Waals surface area contributed by atoms with Crippen molar-refractivity contribution in [3.8, 4) is 0 Å². The van der Waals surface area contributed by atoms with Crippen LogP contribution in [0.3, 0.4) is 0 Å². The van der Waals surface area contributed by atoms with Crippen molar-refractivity contribution in [3.63, 3.8) is 0 Å². The van der Waals surface area contributed by atoms with Crippen LogP contribution >= 0.6 is 0 Å². The molecule has 10 heteroatoms. The van der Waals surface area contributed by atoms with Gasteiger partial charge in [-0.15, -0.1) is 0 Å². The summed E-state index contributed by atoms with van der Waals surface area (Å²) in [5, 5.41) is 0. The van der Waals surface area contributed by atoms with Gasteiger partial charge < -0.3 is 9.64 Å². The highest BCUT2D eigenvalue weighted by Crippen LogP contribution is 2.25. The fourth-order valence-electron chi connectivity index (χ4n) is 2.63. The second-order valence-corrected chi connectivity index (χ2v) is 7.71. The number of sulfonamides is 1. The number of likely N-dealkylation sites (tertiary alicyclic amines) is 1. The molecule has 2 heterocycles. The molecule has 2 aliphatic heterocycles. The van der Waals surface area contributed by atoms with Crippen molar-refractivity contribution in [3.05, 3.63) is 0 Å². The summed E-state index contributed by atoms with van der Waals surface area (Å²) < 4.78 is 64.8. The summed E-state index contributed by atoms with van der Waals surface area (Å²) in [6.45, 7) is -0.358. The number of halogens is 3. The van der Waals surface area contributed by atoms with Gasteiger partial charge in [0.15, 0.2) is 0 Å². The van der Waals surface area contributed by atoms with E-state index in [0.29, 0.717) is 25.9 Å². The summed E-state index contributed by atoms with van der Waals surface area (Å²) in [5.74, 6) is -0.387. The molecule has 1 amide bonds. The lowest BCUT2D eigenvalue weighted by molar-refractivity contribution is -0.200. The molecule has 2 saturated heterocycles. The Morgan fingerprint density at radius 3 is 2.23 bits per heavy atom. The molecule has 0 N–H and O–H groups in total. The Morgan fingerprint density at radius 1 is 1.23 bits per heavy atom. The van der Waals surface area contributed by atoms with E-state index in [9.17, 15) is 26.4 Å². The zero-order chi connectivity index (χ0) is 16.5. The maximum atomic E-state index is 12.2. The second kappa shape index (κ2) is 6.32. The van der Waals surface area contributed by atoms with Gasteiger partial charge in [0, 0.05) is 32.1 Å². The van der Waals surface area contributed by atoms with Crippen molar-refractivity contribution >= 4 is 15.9 Å². The van der Waals surface area contributed by atoms with Crippen LogP contribution < -0.4 is 0 Å². The molecule has 2 aliphatic rings. The van der Waals surface area contributed by atoms with Gasteiger partial charge in [0.25, 0.3) is 0 Å². The molecule has 0 bridgehead atoms. The topological polar surface area (TPSA) is 66.9 Å². The lowest BCUT2D eigenvalue weighted by Crippen LogP contribution is -2.57. The van der Waals surface area contributed by atoms with Gasteiger partial charge in [-0.3, -0.25) is 4.79 Å². The Kier molecular flexibility index (Phi) is 5.03. The van der Waals surface area contributed by atoms with Gasteiger partial charge in [-0.05, 0) is 12.8 Å². The van der Waals surface area contributed by atoms with Crippen LogP contribution in [0.2, 0.25) is 0 Å². The van der Waals surface area contributed by atoms with Crippen LogP contribution in [0.5, 0.6) is 0 Å². The fourth-order valence-corrected chi connectivity index (χ4v) is 3.50. The quantitative estimate of drug-likeness (QED) is 0.743. The predicted molar refractivity (Wildman–Crippen MR) is 71.5 cm³/mol. The van der Waals surface area contributed by atoms with Gasteiger partial charge in [-0.25, -0.2) is 12.7 Å². The smallest absolute Gasteiger partial charge is 0.365 e. The van der Waals surface area contributed by atoms with E-state index in [0.717, 1.165) is 6.26 Å². The Labute approximate surface area is 127 Å². The third kappa shape index (κ3) is 4.56. The van der Waals surface area contributed by atoms with Crippen molar-refractivity contribution in [2.75, 3.05) is 39.0 Å². The van der Waals surface area contributed by atoms with Crippen LogP contribution in [-0.2, 0) is 19.6 Å². The minimum absolute atomic E-state index is 0.125. The standard InChI is InChI=1S/C12H19F3N2O4S/c1-22(19,20)17-4-2-9(3-5-17)11(18)16-6-10(7-16)21-8-12(13,14)15/h9-10H,2-8H2,1H3. The molecular formula is C12H19F3N2O4S. The molecule has 0 spiro atoms. The molecule has 0 aromatic rings. The van der Waals surface area contributed by atoms with Gasteiger partial charge in [0.05, 0.1) is 12.4 Å². The SMILES string of the molecule is CS(=O)(=O)N1CCC(C(=O)N2CC(OCC(F)(F)F)C2)CC1. The average molecular weight is 344 g/mol. The Balaban J connectivity index is 1.72. The lowest BCUT2D eigenvalue weighted by atomic mass is 9.95. The highest BCUT2D eigenvalue weighted by molar-refractivity contribution is 7.88. The number of hydrogen-bond acceptors (Lipinski definition) is 4. The third-order valence-electron chi connectivity index (χ3n) is 3.91. The normalized spacial score (nSPS) is 22.6. The predicted octanol–water partition coefficient (Wildman–Crippen LogP) is 0.448. The highest BCUT2D eigenvalue weighted by Gasteiger charge is 2.39. The van der Waals surface area contributed by atoms with E-state index in [1.54, 1.807) is 0 Å². The molecule has 0 atom stereocenters. The first-order valence-electron chi connectivity index (χ1n) is 6.98. The van der Waals surface area contributed by atoms with Gasteiger partial charge in [-0.1, -0.05) is 0 Å². The number of amides is 1. The number of alkyl halides is 3. The van der Waals surface area contributed by atoms with Crippen LogP contribution in [-0.4, -0.2) is 74.9 Å². The van der Waals surface area contributed by atoms with Gasteiger partial charge in [0.2, 0.25) is 15.9 Å². The van der Waals surface area contributed by atoms with E-state index in [2.05, 4.69) is 4.74 Å². The molecular weight excluding hydrogens is 325 g/mol. The molecule has 6 nitrogen and oxygen atoms in total. The van der Waals surface area contributed by atoms with Crippen molar-refractivity contribution in [2.45, 2.75) is 25.1 Å². The van der Waals surface area contributed by atoms with E-state index in [-0.39, 0.29) is 24.9 Å². The number of hydrogen-bond donors (Lipinski definition) is 0. The summed E-state index contributed by atoms with van der Waals surface area (Å²) >= 11 is 0. The van der Waals surface area contributed by atoms with Crippen LogP contribution in [0.1, 0.15) is 12.8 Å². The minimum atomic E-state index is -4.36. The molecule has 0 radical (unpaired) electrons. The van der Waals surface area contributed by atoms with E-state index in [1.807, 2.05) is 0 Å². The van der Waals surface area contributed by atoms with E-state index >= 15 is 0 Å². The van der Waals surface area contributed by atoms with Crippen molar-refractivity contribution in [1.29, 1.82) is 0 Å². The van der Waals surface area contributed by atoms with Crippen LogP contribution in [0.15, 0.2) is 0 Å². The first-order chi connectivity index (χ1) is 10.1. The van der Waals surface area contributed by atoms with Gasteiger partial charge in [-0.2, -0.15) is 13.2 Å². The maximum absolute atomic E-state index is 12.2. The Bertz CT molecular complexity index is 509. The molecule has 0 aliphatic carbocycles. The second-order valence-electron chi connectivity index (χ2n) is 5.73. The lowest BCUT2D eigenvalue weighted by Gasteiger charge is -2.42. The summed E-state index contributed by atoms with van der Waals surface area (Å²) in [6, 6.07) is 0. The van der Waals surface area contributed by atoms with Crippen molar-refractivity contribution in [2.24, 2.45) is 5.92 Å². The number of nitrogens with zero attached hydrogens (tertiary/aromatic N) is 2. The van der Waals surface area contributed by atoms with Gasteiger partial charge >= 0.3 is 6.18 Å². The largest absolute Gasteiger partial charge is 0.411 e. The Morgan fingerprint density at radius 2 is 1.77 bits per heavy atom. The molecule has 22 heavy (non-hydrogen) atoms. The van der Waals surface area contributed by atoms with Crippen LogP contribution in [0, 0.1) is 5.92 Å². The monoisotopic (exact) mass is 344 g/mol. The van der Waals surface area contributed by atoms with E-state index in [4.69, 9.17) is 0 Å². The zero-order valence-corrected chi connectivity index (χ0v) is 13.0. The van der Waals surface area contributed by atoms with Crippen molar-refractivity contribution < 1.29 is 31.1 Å². The molecule has 0 aromatic carbocycles. The molecule has 2 fully saturated rings. The number of carbonyl (C=O) groups is 1. The van der Waals surface area contributed by atoms with E-state index < -0.39 is 28.9 Å².